The number of hydrogen-bond acceptors (Lipinski definition) is 6. The molecule has 0 fully saturated rings. The molecule has 0 spiro atoms. The summed E-state index contributed by atoms with van der Waals surface area (Å²) in [5, 5.41) is 0. The summed E-state index contributed by atoms with van der Waals surface area (Å²) in [6, 6.07) is 17.7. The van der Waals surface area contributed by atoms with Crippen molar-refractivity contribution < 1.29 is 14.3 Å². The highest BCUT2D eigenvalue weighted by Crippen LogP contribution is 2.20. The largest absolute Gasteiger partial charge is 0.464 e. The molecule has 26 heavy (non-hydrogen) atoms. The maximum Gasteiger partial charge on any atom is 0.360 e. The molecule has 3 rings (SSSR count). The lowest BCUT2D eigenvalue weighted by atomic mass is 10.1. The first kappa shape index (κ1) is 17.6. The van der Waals surface area contributed by atoms with Gasteiger partial charge in [-0.25, -0.2) is 14.8 Å². The van der Waals surface area contributed by atoms with Crippen LogP contribution in [0.4, 0.5) is 5.82 Å². The number of ether oxygens (including phenoxy) is 2. The second-order valence-corrected chi connectivity index (χ2v) is 5.66. The van der Waals surface area contributed by atoms with E-state index in [1.165, 1.54) is 13.3 Å². The monoisotopic (exact) mass is 349 g/mol. The highest BCUT2D eigenvalue weighted by molar-refractivity contribution is 5.92. The van der Waals surface area contributed by atoms with Crippen LogP contribution in [0.15, 0.2) is 60.8 Å². The Kier molecular flexibility index (Phi) is 5.56. The van der Waals surface area contributed by atoms with Gasteiger partial charge in [-0.3, -0.25) is 0 Å². The summed E-state index contributed by atoms with van der Waals surface area (Å²) < 4.78 is 10.5. The third kappa shape index (κ3) is 4.23. The number of nitrogen functional groups attached to an aromatic ring is 1. The summed E-state index contributed by atoms with van der Waals surface area (Å²) >= 11 is 0. The van der Waals surface area contributed by atoms with Gasteiger partial charge in [0.2, 0.25) is 0 Å². The molecule has 132 valence electrons. The van der Waals surface area contributed by atoms with Crippen molar-refractivity contribution in [2.45, 2.75) is 13.2 Å². The van der Waals surface area contributed by atoms with E-state index < -0.39 is 5.97 Å². The van der Waals surface area contributed by atoms with Gasteiger partial charge in [0.25, 0.3) is 0 Å². The molecule has 6 nitrogen and oxygen atoms in total. The van der Waals surface area contributed by atoms with Crippen LogP contribution >= 0.6 is 0 Å². The zero-order valence-corrected chi connectivity index (χ0v) is 14.4. The first-order valence-corrected chi connectivity index (χ1v) is 8.09. The molecule has 1 aromatic heterocycles. The third-order valence-corrected chi connectivity index (χ3v) is 3.78. The Labute approximate surface area is 151 Å². The average molecular weight is 349 g/mol. The van der Waals surface area contributed by atoms with Crippen molar-refractivity contribution in [1.82, 2.24) is 9.97 Å². The lowest BCUT2D eigenvalue weighted by Gasteiger charge is -2.08. The molecule has 1 heterocycles. The number of nitrogens with two attached hydrogens (primary N) is 1. The van der Waals surface area contributed by atoms with Crippen molar-refractivity contribution in [3.05, 3.63) is 77.6 Å². The van der Waals surface area contributed by atoms with Crippen LogP contribution in [0, 0.1) is 0 Å². The van der Waals surface area contributed by atoms with Crippen LogP contribution in [-0.4, -0.2) is 23.0 Å². The Morgan fingerprint density at radius 2 is 1.77 bits per heavy atom. The number of carbonyl (C=O) groups excluding carboxylic acids is 1. The molecule has 0 atom stereocenters. The van der Waals surface area contributed by atoms with Gasteiger partial charge in [-0.05, 0) is 17.2 Å². The number of nitrogens with zero attached hydrogens (tertiary/aromatic N) is 2. The number of rotatable bonds is 6. The van der Waals surface area contributed by atoms with Gasteiger partial charge in [0.15, 0.2) is 11.5 Å². The summed E-state index contributed by atoms with van der Waals surface area (Å²) in [5.74, 6) is -0.567. The molecule has 0 saturated heterocycles. The maximum atomic E-state index is 11.7. The van der Waals surface area contributed by atoms with Crippen molar-refractivity contribution in [3.63, 3.8) is 0 Å². The minimum atomic E-state index is -0.612. The smallest absolute Gasteiger partial charge is 0.360 e. The molecule has 0 aliphatic heterocycles. The second-order valence-electron chi connectivity index (χ2n) is 5.66. The molecular weight excluding hydrogens is 330 g/mol. The Balaban J connectivity index is 1.74. The average Bonchev–Trinajstić information content (AvgIpc) is 2.69. The fourth-order valence-corrected chi connectivity index (χ4v) is 2.47. The number of esters is 1. The molecule has 0 bridgehead atoms. The number of carbonyl (C=O) groups is 1. The molecular formula is C20H19N3O3. The lowest BCUT2D eigenvalue weighted by molar-refractivity contribution is 0.0595. The van der Waals surface area contributed by atoms with E-state index in [1.807, 2.05) is 54.6 Å². The molecule has 2 N–H and O–H groups in total. The quantitative estimate of drug-likeness (QED) is 0.688. The van der Waals surface area contributed by atoms with Crippen LogP contribution < -0.4 is 5.73 Å². The molecule has 6 heteroatoms. The Bertz CT molecular complexity index is 898. The van der Waals surface area contributed by atoms with E-state index in [0.717, 1.165) is 16.7 Å². The van der Waals surface area contributed by atoms with Gasteiger partial charge in [-0.1, -0.05) is 48.5 Å². The van der Waals surface area contributed by atoms with Crippen LogP contribution in [0.1, 0.15) is 21.6 Å². The molecule has 2 aromatic carbocycles. The standard InChI is InChI=1S/C20H19N3O3/c1-25-20(24)18-19(21)22-11-17(23-18)16-9-5-8-15(10-16)13-26-12-14-6-3-2-4-7-14/h2-11H,12-13H2,1H3,(H2,21,22). The van der Waals surface area contributed by atoms with Gasteiger partial charge in [0.05, 0.1) is 32.2 Å². The van der Waals surface area contributed by atoms with Crippen LogP contribution in [0.5, 0.6) is 0 Å². The molecule has 0 unspecified atom stereocenters. The molecule has 0 aliphatic carbocycles. The first-order chi connectivity index (χ1) is 12.7. The van der Waals surface area contributed by atoms with E-state index in [1.54, 1.807) is 0 Å². The molecule has 0 saturated carbocycles. The predicted octanol–water partition coefficient (Wildman–Crippen LogP) is 3.23. The summed E-state index contributed by atoms with van der Waals surface area (Å²) in [4.78, 5) is 20.1. The third-order valence-electron chi connectivity index (χ3n) is 3.78. The van der Waals surface area contributed by atoms with Crippen molar-refractivity contribution in [3.8, 4) is 11.3 Å². The molecule has 0 amide bonds. The van der Waals surface area contributed by atoms with Crippen molar-refractivity contribution in [2.24, 2.45) is 0 Å². The van der Waals surface area contributed by atoms with Crippen molar-refractivity contribution in [1.29, 1.82) is 0 Å². The summed E-state index contributed by atoms with van der Waals surface area (Å²) in [5.41, 5.74) is 9.20. The van der Waals surface area contributed by atoms with Crippen molar-refractivity contribution >= 4 is 11.8 Å². The zero-order chi connectivity index (χ0) is 18.4. The summed E-state index contributed by atoms with van der Waals surface area (Å²) in [7, 11) is 1.28. The SMILES string of the molecule is COC(=O)c1nc(-c2cccc(COCc3ccccc3)c2)cnc1N. The van der Waals surface area contributed by atoms with E-state index in [9.17, 15) is 4.79 Å². The lowest BCUT2D eigenvalue weighted by Crippen LogP contribution is -2.10. The number of anilines is 1. The fourth-order valence-electron chi connectivity index (χ4n) is 2.47. The van der Waals surface area contributed by atoms with Crippen molar-refractivity contribution in [2.75, 3.05) is 12.8 Å². The van der Waals surface area contributed by atoms with Crippen LogP contribution in [-0.2, 0) is 22.7 Å². The summed E-state index contributed by atoms with van der Waals surface area (Å²) in [6.45, 7) is 1.01. The van der Waals surface area contributed by atoms with Gasteiger partial charge < -0.3 is 15.2 Å². The number of hydrogen-bond donors (Lipinski definition) is 1. The highest BCUT2D eigenvalue weighted by Gasteiger charge is 2.15. The first-order valence-electron chi connectivity index (χ1n) is 8.09. The number of benzene rings is 2. The topological polar surface area (TPSA) is 87.3 Å². The van der Waals surface area contributed by atoms with Crippen LogP contribution in [0.25, 0.3) is 11.3 Å². The van der Waals surface area contributed by atoms with Gasteiger partial charge in [0, 0.05) is 5.56 Å². The molecule has 3 aromatic rings. The second kappa shape index (κ2) is 8.22. The normalized spacial score (nSPS) is 10.5. The van der Waals surface area contributed by atoms with Gasteiger partial charge in [-0.2, -0.15) is 0 Å². The zero-order valence-electron chi connectivity index (χ0n) is 14.4. The van der Waals surface area contributed by atoms with Gasteiger partial charge in [-0.15, -0.1) is 0 Å². The minimum absolute atomic E-state index is 0.00994. The van der Waals surface area contributed by atoms with E-state index in [-0.39, 0.29) is 11.5 Å². The molecule has 0 aliphatic rings. The Morgan fingerprint density at radius 3 is 2.54 bits per heavy atom. The highest BCUT2D eigenvalue weighted by atomic mass is 16.5. The van der Waals surface area contributed by atoms with E-state index in [4.69, 9.17) is 10.5 Å². The van der Waals surface area contributed by atoms with Crippen LogP contribution in [0.3, 0.4) is 0 Å². The maximum absolute atomic E-state index is 11.7. The number of aromatic nitrogens is 2. The van der Waals surface area contributed by atoms with E-state index >= 15 is 0 Å². The number of methoxy groups -OCH3 is 1. The fraction of sp³-hybridized carbons (Fsp3) is 0.150. The Morgan fingerprint density at radius 1 is 1.04 bits per heavy atom. The summed E-state index contributed by atoms with van der Waals surface area (Å²) in [6.07, 6.45) is 1.53. The van der Waals surface area contributed by atoms with Crippen LogP contribution in [0.2, 0.25) is 0 Å². The minimum Gasteiger partial charge on any atom is -0.464 e. The Hall–Kier alpha value is -3.25. The van der Waals surface area contributed by atoms with E-state index in [0.29, 0.717) is 18.9 Å². The van der Waals surface area contributed by atoms with Gasteiger partial charge >= 0.3 is 5.97 Å². The van der Waals surface area contributed by atoms with Gasteiger partial charge in [0.1, 0.15) is 0 Å². The molecule has 0 radical (unpaired) electrons. The predicted molar refractivity (Wildman–Crippen MR) is 98.2 cm³/mol. The van der Waals surface area contributed by atoms with E-state index in [2.05, 4.69) is 14.7 Å².